The Kier molecular flexibility index (Phi) is 6.33. The third-order valence-corrected chi connectivity index (χ3v) is 7.41. The zero-order valence-electron chi connectivity index (χ0n) is 17.6. The van der Waals surface area contributed by atoms with Crippen LogP contribution in [0, 0.1) is 5.92 Å². The first kappa shape index (κ1) is 20.5. The number of unbranched alkanes of at least 4 members (excludes halogenated alkanes) is 3. The molecule has 29 heavy (non-hydrogen) atoms. The normalized spacial score (nSPS) is 28.7. The highest BCUT2D eigenvalue weighted by atomic mass is 16.8. The molecule has 1 aliphatic heterocycles. The fraction of sp³-hybridized carbons (Fsp3) is 0.708. The summed E-state index contributed by atoms with van der Waals surface area (Å²) in [6.45, 7) is 3.26. The van der Waals surface area contributed by atoms with Gasteiger partial charge in [-0.2, -0.15) is 0 Å². The van der Waals surface area contributed by atoms with Crippen molar-refractivity contribution >= 4 is 6.16 Å². The van der Waals surface area contributed by atoms with Gasteiger partial charge in [-0.05, 0) is 67.8 Å². The summed E-state index contributed by atoms with van der Waals surface area (Å²) in [5.41, 5.74) is 3.16. The fourth-order valence-corrected chi connectivity index (χ4v) is 6.12. The fourth-order valence-electron chi connectivity index (χ4n) is 6.12. The van der Waals surface area contributed by atoms with Gasteiger partial charge >= 0.3 is 6.16 Å². The lowest BCUT2D eigenvalue weighted by Gasteiger charge is -2.56. The minimum absolute atomic E-state index is 0.269. The topological polar surface area (TPSA) is 67.8 Å². The molecule has 1 aromatic rings. The molecule has 2 fully saturated rings. The van der Waals surface area contributed by atoms with Crippen molar-refractivity contribution in [3.05, 3.63) is 29.3 Å². The van der Waals surface area contributed by atoms with Crippen LogP contribution in [0.1, 0.15) is 82.3 Å². The summed E-state index contributed by atoms with van der Waals surface area (Å²) in [6.07, 6.45) is 10.4. The van der Waals surface area contributed by atoms with Crippen molar-refractivity contribution in [3.63, 3.8) is 0 Å². The molecule has 4 atom stereocenters. The van der Waals surface area contributed by atoms with Gasteiger partial charge in [-0.15, -0.1) is 0 Å². The van der Waals surface area contributed by atoms with Gasteiger partial charge in [0.2, 0.25) is 6.29 Å². The molecule has 160 valence electrons. The van der Waals surface area contributed by atoms with Crippen molar-refractivity contribution < 1.29 is 19.4 Å². The Hall–Kier alpha value is -1.75. The number of hydrogen-bond acceptors (Lipinski definition) is 4. The first-order valence-electron chi connectivity index (χ1n) is 11.6. The second-order valence-corrected chi connectivity index (χ2v) is 9.12. The van der Waals surface area contributed by atoms with Crippen LogP contribution in [0.4, 0.5) is 4.79 Å². The van der Waals surface area contributed by atoms with Crippen LogP contribution in [0.3, 0.4) is 0 Å². The first-order chi connectivity index (χ1) is 14.1. The highest BCUT2D eigenvalue weighted by molar-refractivity contribution is 5.57. The second-order valence-electron chi connectivity index (χ2n) is 9.12. The molecular formula is C24H35NO4. The van der Waals surface area contributed by atoms with Crippen LogP contribution in [0.2, 0.25) is 0 Å². The molecule has 2 N–H and O–H groups in total. The number of hydrogen-bond donors (Lipinski definition) is 2. The van der Waals surface area contributed by atoms with Crippen LogP contribution in [0.25, 0.3) is 0 Å². The average Bonchev–Trinajstić information content (AvgIpc) is 2.71. The maximum absolute atomic E-state index is 11.1. The predicted molar refractivity (Wildman–Crippen MR) is 112 cm³/mol. The van der Waals surface area contributed by atoms with Gasteiger partial charge < -0.3 is 19.9 Å². The second kappa shape index (κ2) is 8.95. The Morgan fingerprint density at radius 2 is 2.17 bits per heavy atom. The SMILES string of the molecule is CCCCCCC(OC(=O)O)Oc1ccc2c(c1)[C@@]13CCCC[C@H]1[C@@H](C2)NCC3. The van der Waals surface area contributed by atoms with E-state index in [-0.39, 0.29) is 5.41 Å². The van der Waals surface area contributed by atoms with E-state index in [9.17, 15) is 4.79 Å². The van der Waals surface area contributed by atoms with Crippen LogP contribution in [0.15, 0.2) is 18.2 Å². The number of fused-ring (bicyclic) bond motifs is 1. The molecule has 0 aromatic heterocycles. The molecule has 5 nitrogen and oxygen atoms in total. The Bertz CT molecular complexity index is 717. The summed E-state index contributed by atoms with van der Waals surface area (Å²) in [7, 11) is 0. The maximum Gasteiger partial charge on any atom is 0.508 e. The van der Waals surface area contributed by atoms with Gasteiger partial charge in [0.05, 0.1) is 0 Å². The van der Waals surface area contributed by atoms with Crippen molar-refractivity contribution in [3.8, 4) is 5.75 Å². The quantitative estimate of drug-likeness (QED) is 0.347. The minimum atomic E-state index is -1.27. The van der Waals surface area contributed by atoms with Crippen molar-refractivity contribution in [1.29, 1.82) is 0 Å². The van der Waals surface area contributed by atoms with E-state index in [4.69, 9.17) is 14.6 Å². The molecule has 0 spiro atoms. The number of ether oxygens (including phenoxy) is 2. The molecule has 0 amide bonds. The van der Waals surface area contributed by atoms with Gasteiger partial charge in [-0.1, -0.05) is 45.1 Å². The molecular weight excluding hydrogens is 366 g/mol. The largest absolute Gasteiger partial charge is 0.508 e. The summed E-state index contributed by atoms with van der Waals surface area (Å²) in [4.78, 5) is 11.1. The average molecular weight is 402 g/mol. The van der Waals surface area contributed by atoms with Crippen molar-refractivity contribution in [1.82, 2.24) is 5.32 Å². The molecule has 4 rings (SSSR count). The highest BCUT2D eigenvalue weighted by Gasteiger charge is 2.51. The van der Waals surface area contributed by atoms with Gasteiger partial charge in [0.25, 0.3) is 0 Å². The zero-order chi connectivity index (χ0) is 20.3. The molecule has 2 aliphatic carbocycles. The van der Waals surface area contributed by atoms with Crippen LogP contribution in [-0.4, -0.2) is 30.1 Å². The molecule has 3 aliphatic rings. The number of carboxylic acid groups (broad SMARTS) is 1. The summed E-state index contributed by atoms with van der Waals surface area (Å²) < 4.78 is 11.1. The van der Waals surface area contributed by atoms with Crippen LogP contribution in [0.5, 0.6) is 5.75 Å². The van der Waals surface area contributed by atoms with Crippen molar-refractivity contribution in [2.45, 2.75) is 95.3 Å². The summed E-state index contributed by atoms with van der Waals surface area (Å²) in [5, 5.41) is 12.9. The number of benzene rings is 1. The Balaban J connectivity index is 1.54. The number of carbonyl (C=O) groups is 1. The Morgan fingerprint density at radius 3 is 3.00 bits per heavy atom. The molecule has 1 saturated carbocycles. The molecule has 2 bridgehead atoms. The summed E-state index contributed by atoms with van der Waals surface area (Å²) >= 11 is 0. The molecule has 5 heteroatoms. The molecule has 1 heterocycles. The highest BCUT2D eigenvalue weighted by Crippen LogP contribution is 2.54. The Labute approximate surface area is 174 Å². The molecule has 0 radical (unpaired) electrons. The summed E-state index contributed by atoms with van der Waals surface area (Å²) in [6, 6.07) is 7.01. The molecule has 1 unspecified atom stereocenters. The number of piperidine rings is 1. The number of rotatable bonds is 8. The van der Waals surface area contributed by atoms with E-state index < -0.39 is 12.4 Å². The van der Waals surface area contributed by atoms with E-state index in [1.54, 1.807) is 0 Å². The van der Waals surface area contributed by atoms with Gasteiger partial charge in [0.15, 0.2) is 0 Å². The van der Waals surface area contributed by atoms with Gasteiger partial charge in [0.1, 0.15) is 5.75 Å². The third-order valence-electron chi connectivity index (χ3n) is 7.41. The van der Waals surface area contributed by atoms with E-state index in [2.05, 4.69) is 24.4 Å². The van der Waals surface area contributed by atoms with Gasteiger partial charge in [-0.3, -0.25) is 0 Å². The molecule has 1 aromatic carbocycles. The van der Waals surface area contributed by atoms with Crippen molar-refractivity contribution in [2.24, 2.45) is 5.92 Å². The maximum atomic E-state index is 11.1. The predicted octanol–water partition coefficient (Wildman–Crippen LogP) is 5.40. The van der Waals surface area contributed by atoms with E-state index in [1.165, 1.54) is 43.2 Å². The number of nitrogens with one attached hydrogen (secondary N) is 1. The lowest BCUT2D eigenvalue weighted by atomic mass is 9.53. The standard InChI is InChI=1S/C24H35NO4/c1-2-3-4-5-9-22(29-23(26)27)28-18-11-10-17-15-21-19-8-6-7-12-24(19,13-14-25-21)20(17)16-18/h10-11,16,19,21-22,25H,2-9,12-15H2,1H3,(H,26,27)/t19-,21+,22?,24+/m0/s1. The van der Waals surface area contributed by atoms with Crippen molar-refractivity contribution in [2.75, 3.05) is 6.54 Å². The minimum Gasteiger partial charge on any atom is -0.455 e. The van der Waals surface area contributed by atoms with Crippen LogP contribution >= 0.6 is 0 Å². The van der Waals surface area contributed by atoms with E-state index in [0.717, 1.165) is 44.4 Å². The lowest BCUT2D eigenvalue weighted by molar-refractivity contribution is -0.0585. The van der Waals surface area contributed by atoms with Gasteiger partial charge in [-0.25, -0.2) is 4.79 Å². The monoisotopic (exact) mass is 401 g/mol. The van der Waals surface area contributed by atoms with Crippen LogP contribution in [-0.2, 0) is 16.6 Å². The third kappa shape index (κ3) is 4.25. The lowest BCUT2D eigenvalue weighted by Crippen LogP contribution is -2.59. The van der Waals surface area contributed by atoms with E-state index >= 15 is 0 Å². The Morgan fingerprint density at radius 1 is 1.28 bits per heavy atom. The van der Waals surface area contributed by atoms with Gasteiger partial charge in [0, 0.05) is 17.9 Å². The zero-order valence-corrected chi connectivity index (χ0v) is 17.6. The van der Waals surface area contributed by atoms with E-state index in [1.807, 2.05) is 6.07 Å². The van der Waals surface area contributed by atoms with Crippen LogP contribution < -0.4 is 10.1 Å². The summed E-state index contributed by atoms with van der Waals surface area (Å²) in [5.74, 6) is 1.47. The smallest absolute Gasteiger partial charge is 0.455 e. The molecule has 1 saturated heterocycles. The van der Waals surface area contributed by atoms with E-state index in [0.29, 0.717) is 18.4 Å². The first-order valence-corrected chi connectivity index (χ1v) is 11.6.